The van der Waals surface area contributed by atoms with Crippen molar-refractivity contribution in [2.45, 2.75) is 102 Å². The van der Waals surface area contributed by atoms with E-state index in [4.69, 9.17) is 15.5 Å². The number of carbonyl (C=O) groups excluding carboxylic acids is 1. The summed E-state index contributed by atoms with van der Waals surface area (Å²) < 4.78 is 8.48. The molecule has 1 amide bonds. The van der Waals surface area contributed by atoms with Gasteiger partial charge in [0.2, 0.25) is 0 Å². The second-order valence-electron chi connectivity index (χ2n) is 13.5. The number of rotatable bonds is 10. The smallest absolute Gasteiger partial charge is 0.251 e. The minimum absolute atomic E-state index is 0.0278. The van der Waals surface area contributed by atoms with E-state index in [0.717, 1.165) is 80.9 Å². The van der Waals surface area contributed by atoms with E-state index in [-0.39, 0.29) is 17.5 Å². The molecule has 1 saturated heterocycles. The number of nitrogens with zero attached hydrogens (tertiary/aromatic N) is 3. The number of nitrogens with one attached hydrogen (secondary N) is 1. The van der Waals surface area contributed by atoms with Gasteiger partial charge < -0.3 is 25.3 Å². The van der Waals surface area contributed by atoms with Crippen LogP contribution in [-0.4, -0.2) is 46.8 Å². The fraction of sp³-hybridized carbons (Fsp3) is 0.600. The average Bonchev–Trinajstić information content (AvgIpc) is 3.64. The first-order chi connectivity index (χ1) is 20.4. The molecular formula is C35H47N5O2. The Morgan fingerprint density at radius 2 is 2.00 bits per heavy atom. The molecule has 3 fully saturated rings. The number of ether oxygens (including phenoxy) is 1. The summed E-state index contributed by atoms with van der Waals surface area (Å²) in [5, 5.41) is 3.13. The molecular weight excluding hydrogens is 522 g/mol. The highest BCUT2D eigenvalue weighted by Gasteiger charge is 2.39. The second-order valence-corrected chi connectivity index (χ2v) is 13.5. The van der Waals surface area contributed by atoms with Crippen LogP contribution < -0.4 is 16.0 Å². The molecule has 7 nitrogen and oxygen atoms in total. The zero-order valence-electron chi connectivity index (χ0n) is 25.5. The normalized spacial score (nSPS) is 23.2. The van der Waals surface area contributed by atoms with E-state index in [2.05, 4.69) is 53.0 Å². The van der Waals surface area contributed by atoms with Crippen molar-refractivity contribution in [3.05, 3.63) is 58.4 Å². The molecule has 3 N–H and O–H groups in total. The van der Waals surface area contributed by atoms with Crippen molar-refractivity contribution in [2.24, 2.45) is 18.7 Å². The summed E-state index contributed by atoms with van der Waals surface area (Å²) in [5.74, 6) is 1.84. The number of imidazole rings is 1. The van der Waals surface area contributed by atoms with Crippen LogP contribution >= 0.6 is 0 Å². The van der Waals surface area contributed by atoms with Crippen molar-refractivity contribution in [2.75, 3.05) is 24.6 Å². The molecule has 2 saturated carbocycles. The van der Waals surface area contributed by atoms with Crippen LogP contribution in [0.15, 0.2) is 30.3 Å². The quantitative estimate of drug-likeness (QED) is 0.324. The molecule has 2 aliphatic carbocycles. The molecule has 3 aromatic rings. The van der Waals surface area contributed by atoms with Gasteiger partial charge in [-0.3, -0.25) is 4.79 Å². The molecule has 2 aliphatic heterocycles. The van der Waals surface area contributed by atoms with E-state index in [0.29, 0.717) is 18.2 Å². The van der Waals surface area contributed by atoms with Gasteiger partial charge in [0.1, 0.15) is 5.82 Å². The van der Waals surface area contributed by atoms with Gasteiger partial charge in [0.15, 0.2) is 0 Å². The summed E-state index contributed by atoms with van der Waals surface area (Å²) in [6.45, 7) is 4.76. The Balaban J connectivity index is 1.19. The number of carbonyl (C=O) groups is 1. The van der Waals surface area contributed by atoms with Crippen molar-refractivity contribution in [1.82, 2.24) is 14.9 Å². The standard InChI is InChI=1S/C35H47N5O2/c1-3-24-18-27(34(41)37-16-15-35(36)13-7-14-35)20-29-32(24)39(2)33(38-29)30-21-26-9-6-8-25(19-28-10-4-5-17-42-28)31(26)40(30)22-23-11-12-23/h6,8-9,18,20,23,28,30H,3-5,7,10-17,19,21-22,36H2,1-2H3,(H,37,41). The number of hydrogen-bond donors (Lipinski definition) is 2. The first-order valence-corrected chi connectivity index (χ1v) is 16.5. The Labute approximate surface area is 250 Å². The lowest BCUT2D eigenvalue weighted by molar-refractivity contribution is 0.0168. The Bertz CT molecular complexity index is 1460. The maximum Gasteiger partial charge on any atom is 0.251 e. The van der Waals surface area contributed by atoms with Gasteiger partial charge in [0.25, 0.3) is 5.91 Å². The Morgan fingerprint density at radius 3 is 2.71 bits per heavy atom. The van der Waals surface area contributed by atoms with Gasteiger partial charge in [-0.1, -0.05) is 25.1 Å². The van der Waals surface area contributed by atoms with Crippen LogP contribution in [0.1, 0.15) is 104 Å². The number of anilines is 1. The van der Waals surface area contributed by atoms with E-state index >= 15 is 0 Å². The first kappa shape index (κ1) is 27.9. The largest absolute Gasteiger partial charge is 0.378 e. The predicted octanol–water partition coefficient (Wildman–Crippen LogP) is 5.76. The first-order valence-electron chi connectivity index (χ1n) is 16.5. The molecule has 7 heteroatoms. The Kier molecular flexibility index (Phi) is 7.51. The van der Waals surface area contributed by atoms with E-state index in [9.17, 15) is 4.79 Å². The minimum atomic E-state index is -0.0871. The predicted molar refractivity (Wildman–Crippen MR) is 168 cm³/mol. The highest BCUT2D eigenvalue weighted by atomic mass is 16.5. The van der Waals surface area contributed by atoms with E-state index in [1.54, 1.807) is 0 Å². The molecule has 4 aliphatic rings. The lowest BCUT2D eigenvalue weighted by atomic mass is 9.75. The van der Waals surface area contributed by atoms with Crippen molar-refractivity contribution < 1.29 is 9.53 Å². The van der Waals surface area contributed by atoms with Crippen LogP contribution in [0.5, 0.6) is 0 Å². The fourth-order valence-electron chi connectivity index (χ4n) is 7.63. The van der Waals surface area contributed by atoms with Crippen LogP contribution in [0.4, 0.5) is 5.69 Å². The molecule has 0 spiro atoms. The highest BCUT2D eigenvalue weighted by molar-refractivity contribution is 5.98. The highest BCUT2D eigenvalue weighted by Crippen LogP contribution is 2.46. The van der Waals surface area contributed by atoms with Crippen LogP contribution in [-0.2, 0) is 31.0 Å². The molecule has 0 bridgehead atoms. The summed E-state index contributed by atoms with van der Waals surface area (Å²) in [6, 6.07) is 11.1. The van der Waals surface area contributed by atoms with Gasteiger partial charge in [0.05, 0.1) is 23.2 Å². The molecule has 2 atom stereocenters. The third-order valence-corrected chi connectivity index (χ3v) is 10.4. The Morgan fingerprint density at radius 1 is 1.14 bits per heavy atom. The average molecular weight is 570 g/mol. The van der Waals surface area contributed by atoms with Crippen molar-refractivity contribution >= 4 is 22.6 Å². The van der Waals surface area contributed by atoms with Gasteiger partial charge in [-0.2, -0.15) is 0 Å². The number of nitrogens with two attached hydrogens (primary N) is 1. The van der Waals surface area contributed by atoms with Gasteiger partial charge in [-0.15, -0.1) is 0 Å². The summed E-state index contributed by atoms with van der Waals surface area (Å²) in [6.07, 6.45) is 13.5. The van der Waals surface area contributed by atoms with Gasteiger partial charge in [-0.25, -0.2) is 4.98 Å². The second kappa shape index (κ2) is 11.3. The van der Waals surface area contributed by atoms with Crippen LogP contribution in [0.25, 0.3) is 11.0 Å². The number of aryl methyl sites for hydroxylation is 2. The Hall–Kier alpha value is -2.90. The summed E-state index contributed by atoms with van der Waals surface area (Å²) >= 11 is 0. The molecule has 1 aromatic heterocycles. The number of hydrogen-bond acceptors (Lipinski definition) is 5. The number of amides is 1. The van der Waals surface area contributed by atoms with Crippen LogP contribution in [0.3, 0.4) is 0 Å². The number of aromatic nitrogens is 2. The summed E-state index contributed by atoms with van der Waals surface area (Å²) in [7, 11) is 2.16. The van der Waals surface area contributed by atoms with E-state index in [1.165, 1.54) is 54.5 Å². The molecule has 3 heterocycles. The monoisotopic (exact) mass is 569 g/mol. The van der Waals surface area contributed by atoms with Crippen LogP contribution in [0, 0.1) is 5.92 Å². The van der Waals surface area contributed by atoms with Crippen molar-refractivity contribution in [3.63, 3.8) is 0 Å². The van der Waals surface area contributed by atoms with Gasteiger partial charge >= 0.3 is 0 Å². The third-order valence-electron chi connectivity index (χ3n) is 10.4. The zero-order chi connectivity index (χ0) is 28.8. The van der Waals surface area contributed by atoms with Crippen molar-refractivity contribution in [3.8, 4) is 0 Å². The molecule has 2 aromatic carbocycles. The lowest BCUT2D eigenvalue weighted by Crippen LogP contribution is -2.48. The maximum atomic E-state index is 13.2. The van der Waals surface area contributed by atoms with Gasteiger partial charge in [0, 0.05) is 56.4 Å². The van der Waals surface area contributed by atoms with Crippen molar-refractivity contribution in [1.29, 1.82) is 0 Å². The van der Waals surface area contributed by atoms with Crippen LogP contribution in [0.2, 0.25) is 0 Å². The SMILES string of the molecule is CCc1cc(C(=O)NCCC2(N)CCC2)cc2nc(C3Cc4cccc(CC5CCCCO5)c4N3CC3CC3)n(C)c12. The zero-order valence-corrected chi connectivity index (χ0v) is 25.5. The number of benzene rings is 2. The molecule has 224 valence electrons. The van der Waals surface area contributed by atoms with Gasteiger partial charge in [-0.05, 0) is 98.9 Å². The minimum Gasteiger partial charge on any atom is -0.378 e. The van der Waals surface area contributed by atoms with E-state index < -0.39 is 0 Å². The summed E-state index contributed by atoms with van der Waals surface area (Å²) in [5.41, 5.74) is 14.5. The number of fused-ring (bicyclic) bond motifs is 2. The lowest BCUT2D eigenvalue weighted by Gasteiger charge is -2.38. The maximum absolute atomic E-state index is 13.2. The third kappa shape index (κ3) is 5.35. The summed E-state index contributed by atoms with van der Waals surface area (Å²) in [4.78, 5) is 21.2. The molecule has 7 rings (SSSR count). The fourth-order valence-corrected chi connectivity index (χ4v) is 7.63. The molecule has 42 heavy (non-hydrogen) atoms. The molecule has 0 radical (unpaired) electrons. The number of para-hydroxylation sites is 1. The van der Waals surface area contributed by atoms with E-state index in [1.807, 2.05) is 6.07 Å². The topological polar surface area (TPSA) is 85.4 Å². The molecule has 2 unspecified atom stereocenters.